The summed E-state index contributed by atoms with van der Waals surface area (Å²) >= 11 is 0. The number of para-hydroxylation sites is 1. The first kappa shape index (κ1) is 19.0. The molecule has 0 radical (unpaired) electrons. The van der Waals surface area contributed by atoms with Gasteiger partial charge in [-0.15, -0.1) is 0 Å². The molecule has 2 aromatic heterocycles. The quantitative estimate of drug-likeness (QED) is 0.716. The summed E-state index contributed by atoms with van der Waals surface area (Å²) in [5.74, 6) is 2.69. The van der Waals surface area contributed by atoms with Crippen molar-refractivity contribution in [2.24, 2.45) is 0 Å². The van der Waals surface area contributed by atoms with Gasteiger partial charge in [0.15, 0.2) is 5.76 Å². The molecule has 1 aromatic carbocycles. The van der Waals surface area contributed by atoms with E-state index in [0.717, 1.165) is 23.7 Å². The number of carbonyl (C=O) groups excluding carboxylic acids is 1. The molecule has 1 fully saturated rings. The van der Waals surface area contributed by atoms with Gasteiger partial charge in [0.1, 0.15) is 17.5 Å². The topological polar surface area (TPSA) is 74.5 Å². The van der Waals surface area contributed by atoms with Crippen LogP contribution in [0.25, 0.3) is 0 Å². The molecule has 0 atom stereocenters. The summed E-state index contributed by atoms with van der Waals surface area (Å²) in [4.78, 5) is 25.6. The molecule has 1 saturated heterocycles. The highest BCUT2D eigenvalue weighted by molar-refractivity contribution is 5.91. The molecular weight excluding hydrogens is 366 g/mol. The van der Waals surface area contributed by atoms with Crippen molar-refractivity contribution >= 4 is 23.2 Å². The first-order chi connectivity index (χ1) is 14.1. The van der Waals surface area contributed by atoms with Crippen LogP contribution in [0.4, 0.5) is 17.3 Å². The molecule has 3 heterocycles. The monoisotopic (exact) mass is 391 g/mol. The third-order valence-corrected chi connectivity index (χ3v) is 5.11. The Bertz CT molecular complexity index is 979. The fraction of sp³-hybridized carbons (Fsp3) is 0.318. The molecule has 0 aliphatic carbocycles. The average Bonchev–Trinajstić information content (AvgIpc) is 3.28. The summed E-state index contributed by atoms with van der Waals surface area (Å²) in [7, 11) is 0. The van der Waals surface area contributed by atoms with Crippen LogP contribution in [-0.2, 0) is 6.42 Å². The predicted octanol–water partition coefficient (Wildman–Crippen LogP) is 3.65. The number of nitrogens with zero attached hydrogens (tertiary/aromatic N) is 4. The van der Waals surface area contributed by atoms with E-state index in [2.05, 4.69) is 39.2 Å². The Labute approximate surface area is 170 Å². The van der Waals surface area contributed by atoms with E-state index in [1.165, 1.54) is 11.8 Å². The minimum Gasteiger partial charge on any atom is -0.459 e. The Hall–Kier alpha value is -3.35. The summed E-state index contributed by atoms with van der Waals surface area (Å²) in [6.45, 7) is 6.73. The number of hydrogen-bond acceptors (Lipinski definition) is 6. The number of furan rings is 1. The van der Waals surface area contributed by atoms with Gasteiger partial charge in [-0.3, -0.25) is 4.79 Å². The Kier molecular flexibility index (Phi) is 5.46. The van der Waals surface area contributed by atoms with Crippen LogP contribution in [0.3, 0.4) is 0 Å². The van der Waals surface area contributed by atoms with E-state index in [9.17, 15) is 4.79 Å². The fourth-order valence-corrected chi connectivity index (χ4v) is 3.56. The molecule has 1 N–H and O–H groups in total. The van der Waals surface area contributed by atoms with Crippen molar-refractivity contribution in [3.8, 4) is 0 Å². The lowest BCUT2D eigenvalue weighted by Crippen LogP contribution is -2.49. The minimum absolute atomic E-state index is 0.0629. The number of aryl methyl sites for hydroxylation is 2. The fourth-order valence-electron chi connectivity index (χ4n) is 3.56. The Morgan fingerprint density at radius 2 is 1.90 bits per heavy atom. The number of anilines is 3. The zero-order chi connectivity index (χ0) is 20.2. The van der Waals surface area contributed by atoms with E-state index >= 15 is 0 Å². The standard InChI is InChI=1S/C22H25N5O2/c1-3-17-7-4-5-8-18(17)25-20-15-21(24-16(2)23-20)26-10-12-27(13-11-26)22(28)19-9-6-14-29-19/h4-9,14-15H,3,10-13H2,1-2H3,(H,23,24,25). The maximum Gasteiger partial charge on any atom is 0.289 e. The molecule has 4 rings (SSSR count). The van der Waals surface area contributed by atoms with Gasteiger partial charge < -0.3 is 19.5 Å². The smallest absolute Gasteiger partial charge is 0.289 e. The molecule has 0 saturated carbocycles. The van der Waals surface area contributed by atoms with Crippen molar-refractivity contribution in [1.82, 2.24) is 14.9 Å². The van der Waals surface area contributed by atoms with Gasteiger partial charge in [-0.05, 0) is 37.1 Å². The first-order valence-electron chi connectivity index (χ1n) is 9.92. The number of piperazine rings is 1. The van der Waals surface area contributed by atoms with Crippen LogP contribution < -0.4 is 10.2 Å². The van der Waals surface area contributed by atoms with Gasteiger partial charge in [0.05, 0.1) is 6.26 Å². The van der Waals surface area contributed by atoms with Crippen LogP contribution in [0.5, 0.6) is 0 Å². The number of aromatic nitrogens is 2. The molecule has 1 amide bonds. The maximum atomic E-state index is 12.5. The summed E-state index contributed by atoms with van der Waals surface area (Å²) in [5, 5.41) is 3.43. The summed E-state index contributed by atoms with van der Waals surface area (Å²) in [6.07, 6.45) is 2.48. The van der Waals surface area contributed by atoms with Gasteiger partial charge in [-0.1, -0.05) is 25.1 Å². The van der Waals surface area contributed by atoms with Gasteiger partial charge in [-0.25, -0.2) is 9.97 Å². The molecule has 0 bridgehead atoms. The molecule has 1 aliphatic heterocycles. The second-order valence-electron chi connectivity index (χ2n) is 7.05. The Balaban J connectivity index is 1.46. The highest BCUT2D eigenvalue weighted by atomic mass is 16.3. The van der Waals surface area contributed by atoms with Gasteiger partial charge in [0.2, 0.25) is 0 Å². The predicted molar refractivity (Wildman–Crippen MR) is 113 cm³/mol. The van der Waals surface area contributed by atoms with Gasteiger partial charge in [0, 0.05) is 37.9 Å². The molecule has 7 heteroatoms. The highest BCUT2D eigenvalue weighted by Gasteiger charge is 2.24. The van der Waals surface area contributed by atoms with E-state index in [-0.39, 0.29) is 5.91 Å². The van der Waals surface area contributed by atoms with Crippen molar-refractivity contribution in [2.45, 2.75) is 20.3 Å². The van der Waals surface area contributed by atoms with E-state index < -0.39 is 0 Å². The number of carbonyl (C=O) groups is 1. The Morgan fingerprint density at radius 3 is 2.62 bits per heavy atom. The Morgan fingerprint density at radius 1 is 1.10 bits per heavy atom. The number of rotatable bonds is 5. The first-order valence-corrected chi connectivity index (χ1v) is 9.92. The van der Waals surface area contributed by atoms with Crippen LogP contribution in [0.15, 0.2) is 53.1 Å². The molecule has 7 nitrogen and oxygen atoms in total. The molecule has 29 heavy (non-hydrogen) atoms. The lowest BCUT2D eigenvalue weighted by Gasteiger charge is -2.35. The van der Waals surface area contributed by atoms with Crippen molar-refractivity contribution in [2.75, 3.05) is 36.4 Å². The number of nitrogens with one attached hydrogen (secondary N) is 1. The highest BCUT2D eigenvalue weighted by Crippen LogP contribution is 2.24. The molecule has 0 unspecified atom stereocenters. The van der Waals surface area contributed by atoms with E-state index in [1.54, 1.807) is 12.1 Å². The number of benzene rings is 1. The van der Waals surface area contributed by atoms with Crippen LogP contribution in [-0.4, -0.2) is 47.0 Å². The van der Waals surface area contributed by atoms with Crippen molar-refractivity contribution in [3.63, 3.8) is 0 Å². The van der Waals surface area contributed by atoms with Gasteiger partial charge in [-0.2, -0.15) is 0 Å². The van der Waals surface area contributed by atoms with Crippen LogP contribution in [0.2, 0.25) is 0 Å². The maximum absolute atomic E-state index is 12.5. The third kappa shape index (κ3) is 4.23. The van der Waals surface area contributed by atoms with Gasteiger partial charge in [0.25, 0.3) is 5.91 Å². The van der Waals surface area contributed by atoms with Crippen molar-refractivity contribution in [1.29, 1.82) is 0 Å². The molecular formula is C22H25N5O2. The van der Waals surface area contributed by atoms with Crippen LogP contribution in [0.1, 0.15) is 28.9 Å². The molecule has 3 aromatic rings. The lowest BCUT2D eigenvalue weighted by molar-refractivity contribution is 0.0714. The lowest BCUT2D eigenvalue weighted by atomic mass is 10.1. The van der Waals surface area contributed by atoms with E-state index in [0.29, 0.717) is 37.8 Å². The van der Waals surface area contributed by atoms with E-state index in [4.69, 9.17) is 4.42 Å². The van der Waals surface area contributed by atoms with Crippen LogP contribution in [0, 0.1) is 6.92 Å². The van der Waals surface area contributed by atoms with E-state index in [1.807, 2.05) is 30.0 Å². The zero-order valence-corrected chi connectivity index (χ0v) is 16.8. The van der Waals surface area contributed by atoms with Gasteiger partial charge >= 0.3 is 0 Å². The second-order valence-corrected chi connectivity index (χ2v) is 7.05. The molecule has 0 spiro atoms. The number of hydrogen-bond donors (Lipinski definition) is 1. The van der Waals surface area contributed by atoms with Crippen molar-refractivity contribution < 1.29 is 9.21 Å². The molecule has 150 valence electrons. The summed E-state index contributed by atoms with van der Waals surface area (Å²) in [6, 6.07) is 13.7. The number of amides is 1. The SMILES string of the molecule is CCc1ccccc1Nc1cc(N2CCN(C(=O)c3ccco3)CC2)nc(C)n1. The molecule has 1 aliphatic rings. The largest absolute Gasteiger partial charge is 0.459 e. The summed E-state index contributed by atoms with van der Waals surface area (Å²) < 4.78 is 5.23. The minimum atomic E-state index is -0.0629. The van der Waals surface area contributed by atoms with Crippen molar-refractivity contribution in [3.05, 3.63) is 65.9 Å². The zero-order valence-electron chi connectivity index (χ0n) is 16.8. The third-order valence-electron chi connectivity index (χ3n) is 5.11. The second kappa shape index (κ2) is 8.34. The summed E-state index contributed by atoms with van der Waals surface area (Å²) in [5.41, 5.74) is 2.31. The normalized spacial score (nSPS) is 14.1. The van der Waals surface area contributed by atoms with Crippen LogP contribution >= 0.6 is 0 Å². The average molecular weight is 391 g/mol.